The van der Waals surface area contributed by atoms with Crippen LogP contribution in [0.5, 0.6) is 11.5 Å². The molecule has 2 aromatic carbocycles. The van der Waals surface area contributed by atoms with Gasteiger partial charge >= 0.3 is 5.69 Å². The maximum Gasteiger partial charge on any atom is 0.310 e. The first-order chi connectivity index (χ1) is 12.4. The highest BCUT2D eigenvalue weighted by molar-refractivity contribution is 7.80. The van der Waals surface area contributed by atoms with Crippen molar-refractivity contribution in [3.05, 3.63) is 63.2 Å². The molecule has 2 aromatic rings. The lowest BCUT2D eigenvalue weighted by Crippen LogP contribution is -2.24. The summed E-state index contributed by atoms with van der Waals surface area (Å²) in [4.78, 5) is 10.7. The first kappa shape index (κ1) is 19.1. The number of nitro benzene ring substituents is 1. The summed E-state index contributed by atoms with van der Waals surface area (Å²) in [5, 5.41) is 15.1. The van der Waals surface area contributed by atoms with Crippen LogP contribution in [0.2, 0.25) is 0 Å². The van der Waals surface area contributed by atoms with Crippen LogP contribution < -0.4 is 20.6 Å². The SMILES string of the molecule is COc1ccc(C=NNC(N)=S)cc1COc1cc(C)ccc1[N+](=O)[O-]. The molecule has 9 heteroatoms. The third-order valence-corrected chi connectivity index (χ3v) is 3.48. The van der Waals surface area contributed by atoms with E-state index in [1.165, 1.54) is 19.4 Å². The number of aryl methyl sites for hydroxylation is 1. The minimum absolute atomic E-state index is 0.0603. The van der Waals surface area contributed by atoms with Crippen LogP contribution in [0.4, 0.5) is 5.69 Å². The Bertz CT molecular complexity index is 855. The summed E-state index contributed by atoms with van der Waals surface area (Å²) in [5.41, 5.74) is 10.0. The quantitative estimate of drug-likeness (QED) is 0.332. The van der Waals surface area contributed by atoms with Gasteiger partial charge in [-0.05, 0) is 54.5 Å². The first-order valence-electron chi connectivity index (χ1n) is 7.54. The molecule has 0 saturated heterocycles. The summed E-state index contributed by atoms with van der Waals surface area (Å²) in [7, 11) is 1.54. The summed E-state index contributed by atoms with van der Waals surface area (Å²) < 4.78 is 11.0. The van der Waals surface area contributed by atoms with Crippen molar-refractivity contribution < 1.29 is 14.4 Å². The van der Waals surface area contributed by atoms with Crippen molar-refractivity contribution in [2.75, 3.05) is 7.11 Å². The number of nitrogens with one attached hydrogen (secondary N) is 1. The summed E-state index contributed by atoms with van der Waals surface area (Å²) in [6.45, 7) is 1.93. The Balaban J connectivity index is 2.23. The van der Waals surface area contributed by atoms with E-state index in [0.717, 1.165) is 11.1 Å². The lowest BCUT2D eigenvalue weighted by molar-refractivity contribution is -0.386. The van der Waals surface area contributed by atoms with Crippen LogP contribution in [0.15, 0.2) is 41.5 Å². The average molecular weight is 374 g/mol. The minimum atomic E-state index is -0.476. The highest BCUT2D eigenvalue weighted by Crippen LogP contribution is 2.29. The Morgan fingerprint density at radius 3 is 2.77 bits per heavy atom. The zero-order chi connectivity index (χ0) is 19.1. The van der Waals surface area contributed by atoms with Crippen molar-refractivity contribution in [3.8, 4) is 11.5 Å². The van der Waals surface area contributed by atoms with E-state index >= 15 is 0 Å². The molecule has 0 radical (unpaired) electrons. The van der Waals surface area contributed by atoms with Gasteiger partial charge in [0.25, 0.3) is 0 Å². The van der Waals surface area contributed by atoms with Gasteiger partial charge in [-0.3, -0.25) is 15.5 Å². The average Bonchev–Trinajstić information content (AvgIpc) is 2.59. The molecule has 0 aromatic heterocycles. The predicted octanol–water partition coefficient (Wildman–Crippen LogP) is 2.66. The van der Waals surface area contributed by atoms with Crippen LogP contribution in [0, 0.1) is 17.0 Å². The van der Waals surface area contributed by atoms with E-state index in [0.29, 0.717) is 11.3 Å². The highest BCUT2D eigenvalue weighted by atomic mass is 32.1. The van der Waals surface area contributed by atoms with Crippen molar-refractivity contribution in [2.24, 2.45) is 10.8 Å². The van der Waals surface area contributed by atoms with Crippen molar-refractivity contribution in [1.29, 1.82) is 0 Å². The molecule has 3 N–H and O–H groups in total. The molecule has 8 nitrogen and oxygen atoms in total. The van der Waals surface area contributed by atoms with Gasteiger partial charge in [0.1, 0.15) is 12.4 Å². The molecule has 0 aliphatic heterocycles. The largest absolute Gasteiger partial charge is 0.496 e. The predicted molar refractivity (Wildman–Crippen MR) is 103 cm³/mol. The Hall–Kier alpha value is -3.20. The van der Waals surface area contributed by atoms with Crippen molar-refractivity contribution >= 4 is 29.2 Å². The number of benzene rings is 2. The van der Waals surface area contributed by atoms with E-state index in [2.05, 4.69) is 22.7 Å². The monoisotopic (exact) mass is 374 g/mol. The fraction of sp³-hybridized carbons (Fsp3) is 0.176. The number of hydrogen-bond donors (Lipinski definition) is 2. The first-order valence-corrected chi connectivity index (χ1v) is 7.95. The zero-order valence-electron chi connectivity index (χ0n) is 14.3. The van der Waals surface area contributed by atoms with Crippen molar-refractivity contribution in [3.63, 3.8) is 0 Å². The molecule has 0 aliphatic carbocycles. The van der Waals surface area contributed by atoms with Gasteiger partial charge in [0.05, 0.1) is 18.2 Å². The lowest BCUT2D eigenvalue weighted by atomic mass is 10.1. The van der Waals surface area contributed by atoms with Gasteiger partial charge < -0.3 is 15.2 Å². The van der Waals surface area contributed by atoms with Gasteiger partial charge in [-0.1, -0.05) is 6.07 Å². The number of nitrogens with zero attached hydrogens (tertiary/aromatic N) is 2. The smallest absolute Gasteiger partial charge is 0.310 e. The Kier molecular flexibility index (Phi) is 6.45. The molecule has 0 fully saturated rings. The van der Waals surface area contributed by atoms with Crippen LogP contribution >= 0.6 is 12.2 Å². The summed E-state index contributed by atoms with van der Waals surface area (Å²) in [5.74, 6) is 0.797. The van der Waals surface area contributed by atoms with E-state index in [1.807, 2.05) is 6.92 Å². The summed E-state index contributed by atoms with van der Waals surface area (Å²) in [6, 6.07) is 10.1. The molecule has 0 spiro atoms. The van der Waals surface area contributed by atoms with E-state index in [9.17, 15) is 10.1 Å². The van der Waals surface area contributed by atoms with Crippen LogP contribution in [0.3, 0.4) is 0 Å². The Morgan fingerprint density at radius 2 is 2.12 bits per heavy atom. The second kappa shape index (κ2) is 8.77. The fourth-order valence-electron chi connectivity index (χ4n) is 2.21. The van der Waals surface area contributed by atoms with E-state index in [-0.39, 0.29) is 23.2 Å². The van der Waals surface area contributed by atoms with Gasteiger partial charge in [-0.2, -0.15) is 5.10 Å². The molecule has 0 aliphatic rings. The van der Waals surface area contributed by atoms with Gasteiger partial charge in [0.15, 0.2) is 10.9 Å². The number of rotatable bonds is 7. The van der Waals surface area contributed by atoms with E-state index in [1.54, 1.807) is 30.3 Å². The van der Waals surface area contributed by atoms with Crippen LogP contribution in [-0.4, -0.2) is 23.4 Å². The van der Waals surface area contributed by atoms with Crippen molar-refractivity contribution in [1.82, 2.24) is 5.43 Å². The Morgan fingerprint density at radius 1 is 1.35 bits per heavy atom. The molecule has 2 rings (SSSR count). The number of nitro groups is 1. The molecule has 26 heavy (non-hydrogen) atoms. The lowest BCUT2D eigenvalue weighted by Gasteiger charge is -2.12. The van der Waals surface area contributed by atoms with Gasteiger partial charge in [0, 0.05) is 11.6 Å². The summed E-state index contributed by atoms with van der Waals surface area (Å²) >= 11 is 4.67. The number of hydrogen-bond acceptors (Lipinski definition) is 6. The zero-order valence-corrected chi connectivity index (χ0v) is 15.1. The minimum Gasteiger partial charge on any atom is -0.496 e. The fourth-order valence-corrected chi connectivity index (χ4v) is 2.26. The van der Waals surface area contributed by atoms with E-state index < -0.39 is 4.92 Å². The number of ether oxygens (including phenoxy) is 2. The second-order valence-electron chi connectivity index (χ2n) is 5.32. The second-order valence-corrected chi connectivity index (χ2v) is 5.76. The van der Waals surface area contributed by atoms with Gasteiger partial charge in [-0.25, -0.2) is 0 Å². The molecule has 0 saturated carbocycles. The third kappa shape index (κ3) is 5.15. The topological polar surface area (TPSA) is 112 Å². The molecule has 0 heterocycles. The molecular weight excluding hydrogens is 356 g/mol. The number of nitrogens with two attached hydrogens (primary N) is 1. The Labute approximate surface area is 155 Å². The van der Waals surface area contributed by atoms with Crippen LogP contribution in [0.25, 0.3) is 0 Å². The maximum atomic E-state index is 11.2. The highest BCUT2D eigenvalue weighted by Gasteiger charge is 2.16. The van der Waals surface area contributed by atoms with E-state index in [4.69, 9.17) is 15.2 Å². The third-order valence-electron chi connectivity index (χ3n) is 3.39. The maximum absolute atomic E-state index is 11.2. The molecule has 0 amide bonds. The number of thiocarbonyl (C=S) groups is 1. The molecule has 0 bridgehead atoms. The molecular formula is C17H18N4O4S. The molecule has 136 valence electrons. The number of hydrazone groups is 1. The van der Waals surface area contributed by atoms with Gasteiger partial charge in [-0.15, -0.1) is 0 Å². The summed E-state index contributed by atoms with van der Waals surface area (Å²) in [6.07, 6.45) is 1.54. The molecule has 0 unspecified atom stereocenters. The normalized spacial score (nSPS) is 10.5. The number of methoxy groups -OCH3 is 1. The van der Waals surface area contributed by atoms with Gasteiger partial charge in [0.2, 0.25) is 0 Å². The van der Waals surface area contributed by atoms with Crippen LogP contribution in [-0.2, 0) is 6.61 Å². The van der Waals surface area contributed by atoms with Crippen LogP contribution in [0.1, 0.15) is 16.7 Å². The molecule has 0 atom stereocenters. The standard InChI is InChI=1S/C17H18N4O4S/c1-11-3-5-14(21(22)23)16(7-11)25-10-13-8-12(4-6-15(13)24-2)9-19-20-17(18)26/h3-9H,10H2,1-2H3,(H3,18,20,26). The van der Waals surface area contributed by atoms with Crippen molar-refractivity contribution in [2.45, 2.75) is 13.5 Å².